The van der Waals surface area contributed by atoms with Gasteiger partial charge in [0.25, 0.3) is 0 Å². The Bertz CT molecular complexity index is 636. The van der Waals surface area contributed by atoms with Crippen molar-refractivity contribution in [3.05, 3.63) is 46.7 Å². The van der Waals surface area contributed by atoms with Crippen LogP contribution in [0.1, 0.15) is 72.1 Å². The van der Waals surface area contributed by atoms with Crippen molar-refractivity contribution in [1.82, 2.24) is 0 Å². The van der Waals surface area contributed by atoms with Crippen LogP contribution in [-0.4, -0.2) is 18.7 Å². The van der Waals surface area contributed by atoms with Gasteiger partial charge in [-0.15, -0.1) is 0 Å². The average molecular weight is 312 g/mol. The van der Waals surface area contributed by atoms with Gasteiger partial charge in [-0.05, 0) is 18.8 Å². The third kappa shape index (κ3) is 3.24. The molecule has 1 fully saturated rings. The largest absolute Gasteiger partial charge is 0.492 e. The SMILES string of the molecule is COC1=C(CCCC2CCCCC2)C(=O)c2ccccc2C1=O. The van der Waals surface area contributed by atoms with Gasteiger partial charge >= 0.3 is 0 Å². The van der Waals surface area contributed by atoms with Crippen LogP contribution in [0.5, 0.6) is 0 Å². The highest BCUT2D eigenvalue weighted by molar-refractivity contribution is 6.26. The Morgan fingerprint density at radius 3 is 2.30 bits per heavy atom. The third-order valence-corrected chi connectivity index (χ3v) is 5.14. The van der Waals surface area contributed by atoms with Crippen LogP contribution >= 0.6 is 0 Å². The lowest BCUT2D eigenvalue weighted by Crippen LogP contribution is -2.23. The van der Waals surface area contributed by atoms with Crippen LogP contribution in [0.4, 0.5) is 0 Å². The number of methoxy groups -OCH3 is 1. The molecule has 0 radical (unpaired) electrons. The molecule has 0 amide bonds. The van der Waals surface area contributed by atoms with E-state index in [2.05, 4.69) is 0 Å². The normalized spacial score (nSPS) is 19.0. The molecule has 0 bridgehead atoms. The summed E-state index contributed by atoms with van der Waals surface area (Å²) in [6.45, 7) is 0. The number of ketones is 2. The number of ether oxygens (including phenoxy) is 1. The van der Waals surface area contributed by atoms with E-state index >= 15 is 0 Å². The summed E-state index contributed by atoms with van der Waals surface area (Å²) in [6, 6.07) is 7.03. The second kappa shape index (κ2) is 7.12. The number of hydrogen-bond acceptors (Lipinski definition) is 3. The molecular formula is C20H24O3. The van der Waals surface area contributed by atoms with Gasteiger partial charge in [0.2, 0.25) is 5.78 Å². The molecule has 2 aliphatic carbocycles. The molecule has 122 valence electrons. The Labute approximate surface area is 137 Å². The first kappa shape index (κ1) is 16.0. The average Bonchev–Trinajstić information content (AvgIpc) is 2.60. The quantitative estimate of drug-likeness (QED) is 0.790. The maximum atomic E-state index is 12.7. The van der Waals surface area contributed by atoms with Gasteiger partial charge in [-0.2, -0.15) is 0 Å². The van der Waals surface area contributed by atoms with Crippen molar-refractivity contribution in [2.45, 2.75) is 51.4 Å². The highest BCUT2D eigenvalue weighted by atomic mass is 16.5. The fourth-order valence-corrected chi connectivity index (χ4v) is 3.89. The zero-order valence-corrected chi connectivity index (χ0v) is 13.8. The van der Waals surface area contributed by atoms with Gasteiger partial charge in [0.1, 0.15) is 0 Å². The molecule has 23 heavy (non-hydrogen) atoms. The van der Waals surface area contributed by atoms with Crippen LogP contribution < -0.4 is 0 Å². The fourth-order valence-electron chi connectivity index (χ4n) is 3.89. The molecule has 1 aromatic carbocycles. The number of carbonyl (C=O) groups excluding carboxylic acids is 2. The van der Waals surface area contributed by atoms with E-state index in [-0.39, 0.29) is 17.3 Å². The summed E-state index contributed by atoms with van der Waals surface area (Å²) in [5, 5.41) is 0. The van der Waals surface area contributed by atoms with E-state index in [0.717, 1.165) is 18.8 Å². The Balaban J connectivity index is 1.73. The van der Waals surface area contributed by atoms with Crippen molar-refractivity contribution in [3.8, 4) is 0 Å². The molecule has 3 nitrogen and oxygen atoms in total. The summed E-state index contributed by atoms with van der Waals surface area (Å²) >= 11 is 0. The van der Waals surface area contributed by atoms with Gasteiger partial charge in [-0.25, -0.2) is 0 Å². The molecule has 0 N–H and O–H groups in total. The molecule has 0 heterocycles. The predicted molar refractivity (Wildman–Crippen MR) is 89.6 cm³/mol. The summed E-state index contributed by atoms with van der Waals surface area (Å²) < 4.78 is 5.30. The van der Waals surface area contributed by atoms with Crippen LogP contribution in [-0.2, 0) is 4.74 Å². The first-order valence-electron chi connectivity index (χ1n) is 8.68. The lowest BCUT2D eigenvalue weighted by atomic mass is 9.83. The molecule has 0 atom stereocenters. The summed E-state index contributed by atoms with van der Waals surface area (Å²) in [5.74, 6) is 0.838. The number of Topliss-reactive ketones (excluding diaryl/α,β-unsaturated/α-hetero) is 2. The van der Waals surface area contributed by atoms with E-state index in [0.29, 0.717) is 23.1 Å². The number of fused-ring (bicyclic) bond motifs is 1. The number of allylic oxidation sites excluding steroid dienone is 2. The molecule has 0 saturated heterocycles. The van der Waals surface area contributed by atoms with E-state index in [1.165, 1.54) is 39.2 Å². The van der Waals surface area contributed by atoms with Crippen LogP contribution in [0.25, 0.3) is 0 Å². The van der Waals surface area contributed by atoms with Gasteiger partial charge in [0, 0.05) is 16.7 Å². The molecule has 3 rings (SSSR count). The van der Waals surface area contributed by atoms with Crippen molar-refractivity contribution >= 4 is 11.6 Å². The maximum absolute atomic E-state index is 12.7. The van der Waals surface area contributed by atoms with Crippen LogP contribution in [0.2, 0.25) is 0 Å². The topological polar surface area (TPSA) is 43.4 Å². The third-order valence-electron chi connectivity index (χ3n) is 5.14. The van der Waals surface area contributed by atoms with Crippen molar-refractivity contribution in [2.24, 2.45) is 5.92 Å². The van der Waals surface area contributed by atoms with Gasteiger partial charge < -0.3 is 4.74 Å². The minimum Gasteiger partial charge on any atom is -0.492 e. The number of rotatable bonds is 5. The van der Waals surface area contributed by atoms with Crippen molar-refractivity contribution < 1.29 is 14.3 Å². The van der Waals surface area contributed by atoms with Crippen LogP contribution in [0.3, 0.4) is 0 Å². The first-order chi connectivity index (χ1) is 11.2. The van der Waals surface area contributed by atoms with Gasteiger partial charge in [0.15, 0.2) is 11.5 Å². The van der Waals surface area contributed by atoms with Gasteiger partial charge in [0.05, 0.1) is 7.11 Å². The highest BCUT2D eigenvalue weighted by Gasteiger charge is 2.32. The van der Waals surface area contributed by atoms with Crippen molar-refractivity contribution in [3.63, 3.8) is 0 Å². The van der Waals surface area contributed by atoms with Crippen LogP contribution in [0.15, 0.2) is 35.6 Å². The lowest BCUT2D eigenvalue weighted by Gasteiger charge is -2.23. The van der Waals surface area contributed by atoms with E-state index in [1.54, 1.807) is 18.2 Å². The maximum Gasteiger partial charge on any atom is 0.228 e. The second-order valence-corrected chi connectivity index (χ2v) is 6.61. The van der Waals surface area contributed by atoms with E-state index in [9.17, 15) is 9.59 Å². The predicted octanol–water partition coefficient (Wildman–Crippen LogP) is 4.72. The fraction of sp³-hybridized carbons (Fsp3) is 0.500. The van der Waals surface area contributed by atoms with Gasteiger partial charge in [-0.1, -0.05) is 62.8 Å². The minimum absolute atomic E-state index is 0.0410. The standard InChI is InChI=1S/C20H24O3/c1-23-20-17(13-7-10-14-8-3-2-4-9-14)18(21)15-11-5-6-12-16(15)19(20)22/h5-6,11-12,14H,2-4,7-10,13H2,1H3. The Morgan fingerprint density at radius 2 is 1.65 bits per heavy atom. The number of hydrogen-bond donors (Lipinski definition) is 0. The van der Waals surface area contributed by atoms with E-state index in [4.69, 9.17) is 4.74 Å². The van der Waals surface area contributed by atoms with Crippen LogP contribution in [0, 0.1) is 5.92 Å². The molecule has 0 unspecified atom stereocenters. The molecule has 1 aromatic rings. The monoisotopic (exact) mass is 312 g/mol. The molecule has 0 spiro atoms. The summed E-state index contributed by atoms with van der Waals surface area (Å²) in [7, 11) is 1.48. The molecule has 3 heteroatoms. The Hall–Kier alpha value is -1.90. The van der Waals surface area contributed by atoms with Crippen molar-refractivity contribution in [1.29, 1.82) is 0 Å². The number of benzene rings is 1. The minimum atomic E-state index is -0.157. The summed E-state index contributed by atoms with van der Waals surface area (Å²) in [4.78, 5) is 25.3. The Kier molecular flexibility index (Phi) is 4.94. The Morgan fingerprint density at radius 1 is 1.00 bits per heavy atom. The first-order valence-corrected chi connectivity index (χ1v) is 8.68. The zero-order chi connectivity index (χ0) is 16.2. The smallest absolute Gasteiger partial charge is 0.228 e. The van der Waals surface area contributed by atoms with Crippen molar-refractivity contribution in [2.75, 3.05) is 7.11 Å². The zero-order valence-electron chi connectivity index (χ0n) is 13.8. The second-order valence-electron chi connectivity index (χ2n) is 6.61. The lowest BCUT2D eigenvalue weighted by molar-refractivity contribution is 0.0902. The summed E-state index contributed by atoms with van der Waals surface area (Å²) in [6.07, 6.45) is 9.39. The highest BCUT2D eigenvalue weighted by Crippen LogP contribution is 2.32. The molecule has 0 aliphatic heterocycles. The van der Waals surface area contributed by atoms with Gasteiger partial charge in [-0.3, -0.25) is 9.59 Å². The molecule has 2 aliphatic rings. The molecule has 0 aromatic heterocycles. The molecule has 1 saturated carbocycles. The van der Waals surface area contributed by atoms with E-state index in [1.807, 2.05) is 6.07 Å². The molecular weight excluding hydrogens is 288 g/mol. The number of carbonyl (C=O) groups is 2. The summed E-state index contributed by atoms with van der Waals surface area (Å²) in [5.41, 5.74) is 1.54. The van der Waals surface area contributed by atoms with E-state index < -0.39 is 0 Å².